The van der Waals surface area contributed by atoms with Crippen LogP contribution in [0.15, 0.2) is 0 Å². The topological polar surface area (TPSA) is 78.7 Å². The Bertz CT molecular complexity index is 439. The second kappa shape index (κ2) is 12.8. The van der Waals surface area contributed by atoms with Gasteiger partial charge in [0.1, 0.15) is 0 Å². The van der Waals surface area contributed by atoms with Gasteiger partial charge in [0.05, 0.1) is 12.0 Å². The second-order valence-electron chi connectivity index (χ2n) is 7.66. The quantitative estimate of drug-likeness (QED) is 0.656. The van der Waals surface area contributed by atoms with E-state index < -0.39 is 5.41 Å². The van der Waals surface area contributed by atoms with Crippen molar-refractivity contribution in [3.05, 3.63) is 0 Å². The zero-order valence-corrected chi connectivity index (χ0v) is 18.5. The molecule has 6 nitrogen and oxygen atoms in total. The van der Waals surface area contributed by atoms with E-state index in [1.165, 1.54) is 19.3 Å². The monoisotopic (exact) mass is 424 g/mol. The van der Waals surface area contributed by atoms with Crippen LogP contribution >= 0.6 is 24.8 Å². The lowest BCUT2D eigenvalue weighted by Crippen LogP contribution is -2.56. The summed E-state index contributed by atoms with van der Waals surface area (Å²) < 4.78 is 0. The van der Waals surface area contributed by atoms with E-state index in [1.807, 2.05) is 18.7 Å². The summed E-state index contributed by atoms with van der Waals surface area (Å²) in [5.74, 6) is 0.316. The van der Waals surface area contributed by atoms with Gasteiger partial charge in [-0.1, -0.05) is 33.1 Å². The van der Waals surface area contributed by atoms with E-state index in [4.69, 9.17) is 5.73 Å². The van der Waals surface area contributed by atoms with Crippen molar-refractivity contribution in [1.82, 2.24) is 15.1 Å². The summed E-state index contributed by atoms with van der Waals surface area (Å²) >= 11 is 0. The van der Waals surface area contributed by atoms with Crippen molar-refractivity contribution in [2.24, 2.45) is 11.1 Å². The summed E-state index contributed by atoms with van der Waals surface area (Å²) in [6.45, 7) is 7.84. The number of amides is 2. The van der Waals surface area contributed by atoms with E-state index in [0.29, 0.717) is 32.2 Å². The highest BCUT2D eigenvalue weighted by Crippen LogP contribution is 2.28. The van der Waals surface area contributed by atoms with Gasteiger partial charge in [0.25, 0.3) is 0 Å². The fraction of sp³-hybridized carbons (Fsp3) is 0.895. The molecule has 3 N–H and O–H groups in total. The molecular formula is C19H38Cl2N4O2. The molecule has 0 unspecified atom stereocenters. The number of hydrogen-bond donors (Lipinski definition) is 2. The zero-order valence-electron chi connectivity index (χ0n) is 16.9. The third kappa shape index (κ3) is 7.08. The van der Waals surface area contributed by atoms with E-state index in [2.05, 4.69) is 10.2 Å². The summed E-state index contributed by atoms with van der Waals surface area (Å²) in [6, 6.07) is 0.364. The number of nitrogens with two attached hydrogens (primary N) is 1. The molecule has 8 heteroatoms. The highest BCUT2D eigenvalue weighted by molar-refractivity contribution is 5.85. The molecular weight excluding hydrogens is 387 g/mol. The maximum Gasteiger partial charge on any atom is 0.234 e. The molecule has 0 spiro atoms. The lowest BCUT2D eigenvalue weighted by atomic mass is 9.81. The minimum Gasteiger partial charge on any atom is -0.352 e. The molecule has 0 radical (unpaired) electrons. The predicted molar refractivity (Wildman–Crippen MR) is 115 cm³/mol. The summed E-state index contributed by atoms with van der Waals surface area (Å²) in [5, 5.41) is 3.17. The molecule has 160 valence electrons. The van der Waals surface area contributed by atoms with Crippen LogP contribution in [0.5, 0.6) is 0 Å². The van der Waals surface area contributed by atoms with Gasteiger partial charge in [0.15, 0.2) is 0 Å². The van der Waals surface area contributed by atoms with Crippen LogP contribution in [0.25, 0.3) is 0 Å². The van der Waals surface area contributed by atoms with Crippen molar-refractivity contribution in [3.8, 4) is 0 Å². The number of hydrogen-bond acceptors (Lipinski definition) is 4. The molecule has 2 fully saturated rings. The highest BCUT2D eigenvalue weighted by atomic mass is 35.5. The van der Waals surface area contributed by atoms with Gasteiger partial charge in [-0.15, -0.1) is 24.8 Å². The van der Waals surface area contributed by atoms with Crippen molar-refractivity contribution in [2.45, 2.75) is 64.8 Å². The summed E-state index contributed by atoms with van der Waals surface area (Å²) in [5.41, 5.74) is 5.49. The van der Waals surface area contributed by atoms with Gasteiger partial charge in [-0.25, -0.2) is 0 Å². The lowest BCUT2D eigenvalue weighted by Gasteiger charge is -2.40. The second-order valence-corrected chi connectivity index (χ2v) is 7.66. The Morgan fingerprint density at radius 1 is 1.00 bits per heavy atom. The third-order valence-corrected chi connectivity index (χ3v) is 6.19. The van der Waals surface area contributed by atoms with Crippen LogP contribution < -0.4 is 11.1 Å². The molecule has 0 aromatic heterocycles. The average Bonchev–Trinajstić information content (AvgIpc) is 2.65. The van der Waals surface area contributed by atoms with Gasteiger partial charge >= 0.3 is 0 Å². The van der Waals surface area contributed by atoms with Crippen molar-refractivity contribution in [2.75, 3.05) is 39.3 Å². The van der Waals surface area contributed by atoms with Crippen molar-refractivity contribution in [3.63, 3.8) is 0 Å². The van der Waals surface area contributed by atoms with Crippen LogP contribution in [0.4, 0.5) is 0 Å². The predicted octanol–water partition coefficient (Wildman–Crippen LogP) is 2.19. The number of halogens is 2. The molecule has 1 aliphatic carbocycles. The molecule has 2 aliphatic rings. The maximum atomic E-state index is 12.9. The first-order valence-corrected chi connectivity index (χ1v) is 10.1. The summed E-state index contributed by atoms with van der Waals surface area (Å²) in [4.78, 5) is 29.2. The van der Waals surface area contributed by atoms with Crippen molar-refractivity contribution >= 4 is 36.6 Å². The molecule has 0 bridgehead atoms. The van der Waals surface area contributed by atoms with Gasteiger partial charge in [0, 0.05) is 38.8 Å². The van der Waals surface area contributed by atoms with Crippen LogP contribution in [-0.2, 0) is 9.59 Å². The molecule has 2 rings (SSSR count). The van der Waals surface area contributed by atoms with Gasteiger partial charge in [0.2, 0.25) is 11.8 Å². The normalized spacial score (nSPS) is 19.0. The van der Waals surface area contributed by atoms with E-state index in [9.17, 15) is 9.59 Å². The van der Waals surface area contributed by atoms with Crippen molar-refractivity contribution in [1.29, 1.82) is 0 Å². The Balaban J connectivity index is 0.00000338. The first kappa shape index (κ1) is 26.4. The summed E-state index contributed by atoms with van der Waals surface area (Å²) in [6.07, 6.45) is 7.53. The number of piperazine rings is 1. The molecule has 1 saturated heterocycles. The fourth-order valence-corrected chi connectivity index (χ4v) is 4.10. The minimum absolute atomic E-state index is 0. The number of carbonyl (C=O) groups excluding carboxylic acids is 2. The third-order valence-electron chi connectivity index (χ3n) is 6.19. The molecule has 2 amide bonds. The average molecular weight is 425 g/mol. The van der Waals surface area contributed by atoms with Crippen LogP contribution in [0.1, 0.15) is 58.8 Å². The molecule has 27 heavy (non-hydrogen) atoms. The van der Waals surface area contributed by atoms with E-state index in [-0.39, 0.29) is 36.6 Å². The molecule has 0 atom stereocenters. The van der Waals surface area contributed by atoms with Gasteiger partial charge in [-0.05, 0) is 25.7 Å². The molecule has 1 saturated carbocycles. The SMILES string of the molecule is CCC(CC)(CN)C(=O)N1CCN(CC(=O)NC2CCCCC2)CC1.Cl.Cl. The van der Waals surface area contributed by atoms with Crippen LogP contribution in [0.2, 0.25) is 0 Å². The van der Waals surface area contributed by atoms with Crippen LogP contribution in [0.3, 0.4) is 0 Å². The minimum atomic E-state index is -0.416. The highest BCUT2D eigenvalue weighted by Gasteiger charge is 2.37. The molecule has 1 heterocycles. The summed E-state index contributed by atoms with van der Waals surface area (Å²) in [7, 11) is 0. The Morgan fingerprint density at radius 2 is 1.56 bits per heavy atom. The molecule has 0 aromatic rings. The molecule has 1 aliphatic heterocycles. The Morgan fingerprint density at radius 3 is 2.04 bits per heavy atom. The van der Waals surface area contributed by atoms with Gasteiger partial charge in [-0.3, -0.25) is 14.5 Å². The largest absolute Gasteiger partial charge is 0.352 e. The first-order chi connectivity index (χ1) is 12.0. The van der Waals surface area contributed by atoms with E-state index in [1.54, 1.807) is 0 Å². The number of nitrogens with zero attached hydrogens (tertiary/aromatic N) is 2. The number of nitrogens with one attached hydrogen (secondary N) is 1. The van der Waals surface area contributed by atoms with Gasteiger partial charge in [-0.2, -0.15) is 0 Å². The first-order valence-electron chi connectivity index (χ1n) is 10.1. The lowest BCUT2D eigenvalue weighted by molar-refractivity contribution is -0.144. The van der Waals surface area contributed by atoms with E-state index in [0.717, 1.165) is 38.8 Å². The fourth-order valence-electron chi connectivity index (χ4n) is 4.10. The van der Waals surface area contributed by atoms with E-state index >= 15 is 0 Å². The number of carbonyl (C=O) groups is 2. The standard InChI is InChI=1S/C19H36N4O2.2ClH/c1-3-19(4-2,15-20)18(25)23-12-10-22(11-13-23)14-17(24)21-16-8-6-5-7-9-16;;/h16H,3-15,20H2,1-2H3,(H,21,24);2*1H. The van der Waals surface area contributed by atoms with Crippen LogP contribution in [0, 0.1) is 5.41 Å². The maximum absolute atomic E-state index is 12.9. The molecule has 0 aromatic carbocycles. The smallest absolute Gasteiger partial charge is 0.234 e. The Kier molecular flexibility index (Phi) is 12.5. The van der Waals surface area contributed by atoms with Crippen LogP contribution in [-0.4, -0.2) is 66.9 Å². The Hall–Kier alpha value is -0.560. The Labute approximate surface area is 176 Å². The van der Waals surface area contributed by atoms with Crippen molar-refractivity contribution < 1.29 is 9.59 Å². The number of rotatable bonds is 7. The zero-order chi connectivity index (χ0) is 18.3. The van der Waals surface area contributed by atoms with Gasteiger partial charge < -0.3 is 16.0 Å².